The van der Waals surface area contributed by atoms with Gasteiger partial charge in [0.25, 0.3) is 5.91 Å². The van der Waals surface area contributed by atoms with E-state index in [0.29, 0.717) is 37.2 Å². The minimum Gasteiger partial charge on any atom is -0.508 e. The van der Waals surface area contributed by atoms with Crippen LogP contribution in [0.2, 0.25) is 0 Å². The zero-order valence-electron chi connectivity index (χ0n) is 22.9. The van der Waals surface area contributed by atoms with Gasteiger partial charge in [-0.05, 0) is 62.2 Å². The number of fused-ring (bicyclic) bond motifs is 4. The molecule has 2 unspecified atom stereocenters. The Morgan fingerprint density at radius 3 is 2.69 bits per heavy atom. The van der Waals surface area contributed by atoms with Gasteiger partial charge in [-0.25, -0.2) is 9.18 Å². The van der Waals surface area contributed by atoms with Gasteiger partial charge in [-0.15, -0.1) is 0 Å². The lowest BCUT2D eigenvalue weighted by atomic mass is 9.72. The van der Waals surface area contributed by atoms with E-state index in [2.05, 4.69) is 17.1 Å². The molecule has 0 spiro atoms. The van der Waals surface area contributed by atoms with Gasteiger partial charge in [-0.3, -0.25) is 9.69 Å². The molecular weight excluding hydrogens is 503 g/mol. The third-order valence-electron chi connectivity index (χ3n) is 8.52. The number of benzene rings is 2. The number of amides is 3. The third kappa shape index (κ3) is 4.59. The van der Waals surface area contributed by atoms with Gasteiger partial charge in [0.15, 0.2) is 11.6 Å². The Morgan fingerprint density at radius 2 is 2.00 bits per heavy atom. The number of rotatable bonds is 10. The Balaban J connectivity index is 1.49. The molecule has 2 aromatic carbocycles. The number of likely N-dealkylation sites (N-methyl/N-ethyl adjacent to an activating group) is 1. The molecule has 5 rings (SSSR count). The molecule has 0 radical (unpaired) electrons. The third-order valence-corrected chi connectivity index (χ3v) is 8.52. The average molecular weight is 541 g/mol. The number of ether oxygens (including phenoxy) is 2. The summed E-state index contributed by atoms with van der Waals surface area (Å²) < 4.78 is 25.1. The number of carbonyl (C=O) groups is 2. The number of phenolic OH excluding ortho intramolecular Hbond substituents is 1. The lowest BCUT2D eigenvalue weighted by molar-refractivity contribution is -0.135. The summed E-state index contributed by atoms with van der Waals surface area (Å²) in [7, 11) is 3.10. The fourth-order valence-corrected chi connectivity index (χ4v) is 6.55. The van der Waals surface area contributed by atoms with Gasteiger partial charge in [-0.2, -0.15) is 0 Å². The summed E-state index contributed by atoms with van der Waals surface area (Å²) in [6.07, 6.45) is 1.04. The number of hydrogen-bond donors (Lipinski definition) is 2. The predicted octanol–water partition coefficient (Wildman–Crippen LogP) is 3.94. The summed E-state index contributed by atoms with van der Waals surface area (Å²) in [4.78, 5) is 33.3. The first-order valence-electron chi connectivity index (χ1n) is 13.5. The van der Waals surface area contributed by atoms with Crippen LogP contribution in [0.25, 0.3) is 0 Å². The molecule has 210 valence electrons. The van der Waals surface area contributed by atoms with Crippen molar-refractivity contribution in [2.45, 2.75) is 50.2 Å². The molecule has 10 heteroatoms. The normalized spacial score (nSPS) is 25.5. The summed E-state index contributed by atoms with van der Waals surface area (Å²) in [5.41, 5.74) is 1.11. The fraction of sp³-hybridized carbons (Fsp3) is 0.517. The monoisotopic (exact) mass is 540 g/mol. The highest BCUT2D eigenvalue weighted by Gasteiger charge is 2.63. The van der Waals surface area contributed by atoms with Gasteiger partial charge >= 0.3 is 6.03 Å². The molecule has 2 aromatic rings. The molecule has 2 N–H and O–H groups in total. The number of nitrogens with zero attached hydrogens (tertiary/aromatic N) is 3. The molecule has 9 nitrogen and oxygen atoms in total. The van der Waals surface area contributed by atoms with Gasteiger partial charge in [-0.1, -0.05) is 19.1 Å². The predicted molar refractivity (Wildman–Crippen MR) is 145 cm³/mol. The standard InChI is InChI=1S/C29H37FN4O5/c1-5-32(12-13-38-3)10-7-11-33-27(36)29(2)17-21-20-15-24(39-4)22(30)16-23(20)31-25(21)26(34(29)28(33)37)18-8-6-9-19(35)14-18/h6,8-9,14-16,21,25-26,31,35H,5,7,10-13,17H2,1-4H3/t21?,25?,26-,29+/m1/s1. The highest BCUT2D eigenvalue weighted by Crippen LogP contribution is 2.56. The summed E-state index contributed by atoms with van der Waals surface area (Å²) in [6.45, 7) is 7.23. The van der Waals surface area contributed by atoms with Crippen molar-refractivity contribution >= 4 is 17.6 Å². The average Bonchev–Trinajstić information content (AvgIpc) is 3.35. The second-order valence-corrected chi connectivity index (χ2v) is 10.8. The number of carbonyl (C=O) groups excluding carboxylic acids is 2. The quantitative estimate of drug-likeness (QED) is 0.441. The summed E-state index contributed by atoms with van der Waals surface area (Å²) in [5.74, 6) is -0.664. The van der Waals surface area contributed by atoms with Crippen LogP contribution in [0.3, 0.4) is 0 Å². The van der Waals surface area contributed by atoms with E-state index in [0.717, 1.165) is 25.2 Å². The SMILES string of the molecule is CCN(CCCN1C(=O)N2[C@H](c3cccc(O)c3)C3Nc4cc(F)c(OC)cc4C3C[C@@]2(C)C1=O)CCOC. The second-order valence-electron chi connectivity index (χ2n) is 10.8. The molecular formula is C29H37FN4O5. The van der Waals surface area contributed by atoms with E-state index in [1.165, 1.54) is 18.1 Å². The zero-order valence-corrected chi connectivity index (χ0v) is 22.9. The number of anilines is 1. The second kappa shape index (κ2) is 10.7. The van der Waals surface area contributed by atoms with Crippen LogP contribution >= 0.6 is 0 Å². The van der Waals surface area contributed by atoms with Crippen LogP contribution in [-0.4, -0.2) is 90.3 Å². The number of hydrogen-bond acceptors (Lipinski definition) is 7. The lowest BCUT2D eigenvalue weighted by Gasteiger charge is -2.48. The fourth-order valence-electron chi connectivity index (χ4n) is 6.55. The Kier molecular flexibility index (Phi) is 7.43. The van der Waals surface area contributed by atoms with E-state index in [-0.39, 0.29) is 35.4 Å². The number of methoxy groups -OCH3 is 2. The van der Waals surface area contributed by atoms with Crippen LogP contribution in [0, 0.1) is 5.82 Å². The number of piperidine rings is 1. The maximum Gasteiger partial charge on any atom is 0.328 e. The van der Waals surface area contributed by atoms with Crippen molar-refractivity contribution in [3.8, 4) is 11.5 Å². The Bertz CT molecular complexity index is 1260. The van der Waals surface area contributed by atoms with E-state index in [1.54, 1.807) is 36.3 Å². The molecule has 4 atom stereocenters. The molecule has 2 saturated heterocycles. The molecule has 0 aromatic heterocycles. The molecule has 3 aliphatic rings. The maximum absolute atomic E-state index is 14.6. The number of aromatic hydroxyl groups is 1. The largest absolute Gasteiger partial charge is 0.508 e. The number of halogens is 1. The van der Waals surface area contributed by atoms with Crippen molar-refractivity contribution in [1.82, 2.24) is 14.7 Å². The van der Waals surface area contributed by atoms with Crippen LogP contribution in [0.1, 0.15) is 49.8 Å². The van der Waals surface area contributed by atoms with Crippen LogP contribution in [0.4, 0.5) is 14.9 Å². The van der Waals surface area contributed by atoms with E-state index in [9.17, 15) is 19.1 Å². The van der Waals surface area contributed by atoms with Crippen molar-refractivity contribution in [3.63, 3.8) is 0 Å². The van der Waals surface area contributed by atoms with Crippen molar-refractivity contribution in [1.29, 1.82) is 0 Å². The Morgan fingerprint density at radius 1 is 1.21 bits per heavy atom. The van der Waals surface area contributed by atoms with Crippen LogP contribution < -0.4 is 10.1 Å². The highest BCUT2D eigenvalue weighted by atomic mass is 19.1. The topological polar surface area (TPSA) is 94.6 Å². The minimum absolute atomic E-state index is 0.0742. The molecule has 0 bridgehead atoms. The molecule has 3 aliphatic heterocycles. The zero-order chi connectivity index (χ0) is 27.9. The van der Waals surface area contributed by atoms with Gasteiger partial charge < -0.3 is 29.7 Å². The number of imide groups is 1. The molecule has 0 saturated carbocycles. The van der Waals surface area contributed by atoms with Gasteiger partial charge in [0, 0.05) is 37.9 Å². The summed E-state index contributed by atoms with van der Waals surface area (Å²) >= 11 is 0. The van der Waals surface area contributed by atoms with Crippen molar-refractivity contribution < 1.29 is 28.6 Å². The van der Waals surface area contributed by atoms with Crippen molar-refractivity contribution in [2.24, 2.45) is 0 Å². The first-order chi connectivity index (χ1) is 18.7. The van der Waals surface area contributed by atoms with Crippen molar-refractivity contribution in [3.05, 3.63) is 53.3 Å². The van der Waals surface area contributed by atoms with Gasteiger partial charge in [0.1, 0.15) is 11.3 Å². The molecule has 2 fully saturated rings. The molecule has 3 amide bonds. The lowest BCUT2D eigenvalue weighted by Crippen LogP contribution is -2.58. The number of nitrogens with one attached hydrogen (secondary N) is 1. The van der Waals surface area contributed by atoms with E-state index >= 15 is 0 Å². The molecule has 39 heavy (non-hydrogen) atoms. The first kappa shape index (κ1) is 27.2. The maximum atomic E-state index is 14.6. The van der Waals surface area contributed by atoms with Gasteiger partial charge in [0.2, 0.25) is 0 Å². The number of phenols is 1. The summed E-state index contributed by atoms with van der Waals surface area (Å²) in [5, 5.41) is 13.8. The van der Waals surface area contributed by atoms with Gasteiger partial charge in [0.05, 0.1) is 25.8 Å². The highest BCUT2D eigenvalue weighted by molar-refractivity contribution is 6.07. The van der Waals surface area contributed by atoms with E-state index in [4.69, 9.17) is 9.47 Å². The molecule has 3 heterocycles. The van der Waals surface area contributed by atoms with Crippen LogP contribution in [-0.2, 0) is 9.53 Å². The Labute approximate surface area is 228 Å². The van der Waals surface area contributed by atoms with Crippen molar-refractivity contribution in [2.75, 3.05) is 52.3 Å². The van der Waals surface area contributed by atoms with Crippen LogP contribution in [0.5, 0.6) is 11.5 Å². The number of urea groups is 1. The Hall–Kier alpha value is -3.37. The molecule has 0 aliphatic carbocycles. The van der Waals surface area contributed by atoms with E-state index in [1.807, 2.05) is 13.0 Å². The summed E-state index contributed by atoms with van der Waals surface area (Å²) in [6, 6.07) is 8.69. The van der Waals surface area contributed by atoms with E-state index < -0.39 is 17.4 Å². The van der Waals surface area contributed by atoms with Crippen LogP contribution in [0.15, 0.2) is 36.4 Å². The smallest absolute Gasteiger partial charge is 0.328 e. The first-order valence-corrected chi connectivity index (χ1v) is 13.5. The minimum atomic E-state index is -1.10.